The van der Waals surface area contributed by atoms with Crippen LogP contribution in [0.1, 0.15) is 5.69 Å². The van der Waals surface area contributed by atoms with Crippen LogP contribution >= 0.6 is 11.3 Å². The van der Waals surface area contributed by atoms with Crippen molar-refractivity contribution in [3.8, 4) is 16.3 Å². The van der Waals surface area contributed by atoms with Crippen LogP contribution in [0.5, 0.6) is 5.75 Å². The van der Waals surface area contributed by atoms with E-state index in [0.29, 0.717) is 11.7 Å². The number of ether oxygens (including phenoxy) is 1. The molecule has 2 aromatic carbocycles. The SMILES string of the molecule is Cc1[nH]nc2ccc(-c3nnc(NCC(O)COc4ccccc4)s3)cc12. The Morgan fingerprint density at radius 3 is 2.89 bits per heavy atom. The van der Waals surface area contributed by atoms with Crippen molar-refractivity contribution in [3.63, 3.8) is 0 Å². The summed E-state index contributed by atoms with van der Waals surface area (Å²) in [4.78, 5) is 0. The number of H-pyrrole nitrogens is 1. The minimum atomic E-state index is -0.650. The molecule has 2 heterocycles. The molecule has 1 unspecified atom stereocenters. The number of hydrogen-bond donors (Lipinski definition) is 3. The molecule has 0 amide bonds. The maximum absolute atomic E-state index is 10.1. The number of benzene rings is 2. The second-order valence-corrected chi connectivity index (χ2v) is 7.13. The van der Waals surface area contributed by atoms with Gasteiger partial charge >= 0.3 is 0 Å². The first-order chi connectivity index (χ1) is 13.2. The third kappa shape index (κ3) is 4.07. The standard InChI is InChI=1S/C19H19N5O2S/c1-12-16-9-13(7-8-17(16)22-21-12)18-23-24-19(27-18)20-10-14(25)11-26-15-5-3-2-4-6-15/h2-9,14,25H,10-11H2,1H3,(H,20,24)(H,21,22). The summed E-state index contributed by atoms with van der Waals surface area (Å²) in [5.74, 6) is 0.736. The number of aryl methyl sites for hydroxylation is 1. The van der Waals surface area contributed by atoms with Crippen LogP contribution < -0.4 is 10.1 Å². The van der Waals surface area contributed by atoms with Gasteiger partial charge in [0.05, 0.1) is 5.52 Å². The van der Waals surface area contributed by atoms with Gasteiger partial charge in [-0.25, -0.2) is 0 Å². The highest BCUT2D eigenvalue weighted by atomic mass is 32.1. The number of aromatic nitrogens is 4. The number of hydrogen-bond acceptors (Lipinski definition) is 7. The zero-order chi connectivity index (χ0) is 18.6. The van der Waals surface area contributed by atoms with E-state index in [2.05, 4.69) is 31.8 Å². The molecule has 3 N–H and O–H groups in total. The predicted molar refractivity (Wildman–Crippen MR) is 106 cm³/mol. The molecule has 1 atom stereocenters. The van der Waals surface area contributed by atoms with E-state index in [1.807, 2.05) is 49.4 Å². The summed E-state index contributed by atoms with van der Waals surface area (Å²) < 4.78 is 5.54. The Balaban J connectivity index is 1.35. The molecule has 4 aromatic rings. The van der Waals surface area contributed by atoms with Crippen LogP contribution in [0.15, 0.2) is 48.5 Å². The lowest BCUT2D eigenvalue weighted by molar-refractivity contribution is 0.117. The highest BCUT2D eigenvalue weighted by Crippen LogP contribution is 2.29. The fourth-order valence-corrected chi connectivity index (χ4v) is 3.40. The maximum atomic E-state index is 10.1. The lowest BCUT2D eigenvalue weighted by Crippen LogP contribution is -2.26. The van der Waals surface area contributed by atoms with Gasteiger partial charge in [-0.15, -0.1) is 10.2 Å². The van der Waals surface area contributed by atoms with Crippen LogP contribution in [0, 0.1) is 6.92 Å². The minimum Gasteiger partial charge on any atom is -0.491 e. The minimum absolute atomic E-state index is 0.207. The summed E-state index contributed by atoms with van der Waals surface area (Å²) >= 11 is 1.44. The summed E-state index contributed by atoms with van der Waals surface area (Å²) in [6, 6.07) is 15.4. The first-order valence-corrected chi connectivity index (χ1v) is 9.39. The molecular weight excluding hydrogens is 362 g/mol. The molecule has 4 rings (SSSR count). The quantitative estimate of drug-likeness (QED) is 0.455. The van der Waals surface area contributed by atoms with Crippen LogP contribution in [-0.4, -0.2) is 44.8 Å². The highest BCUT2D eigenvalue weighted by Gasteiger charge is 2.11. The Bertz CT molecular complexity index is 1030. The van der Waals surface area contributed by atoms with E-state index in [4.69, 9.17) is 4.74 Å². The average Bonchev–Trinajstić information content (AvgIpc) is 3.32. The van der Waals surface area contributed by atoms with Crippen molar-refractivity contribution in [1.82, 2.24) is 20.4 Å². The molecule has 0 aliphatic rings. The second kappa shape index (κ2) is 7.73. The van der Waals surface area contributed by atoms with Gasteiger partial charge in [0.2, 0.25) is 5.13 Å². The van der Waals surface area contributed by atoms with Gasteiger partial charge in [0, 0.05) is 23.2 Å². The maximum Gasteiger partial charge on any atom is 0.206 e. The van der Waals surface area contributed by atoms with Crippen LogP contribution in [0.4, 0.5) is 5.13 Å². The van der Waals surface area contributed by atoms with Crippen LogP contribution in [-0.2, 0) is 0 Å². The van der Waals surface area contributed by atoms with Gasteiger partial charge < -0.3 is 15.2 Å². The molecule has 0 radical (unpaired) electrons. The van der Waals surface area contributed by atoms with Crippen molar-refractivity contribution < 1.29 is 9.84 Å². The van der Waals surface area contributed by atoms with E-state index in [9.17, 15) is 5.11 Å². The zero-order valence-electron chi connectivity index (χ0n) is 14.7. The summed E-state index contributed by atoms with van der Waals surface area (Å²) in [5.41, 5.74) is 2.95. The summed E-state index contributed by atoms with van der Waals surface area (Å²) in [6.45, 7) is 2.53. The van der Waals surface area contributed by atoms with E-state index in [1.165, 1.54) is 11.3 Å². The van der Waals surface area contributed by atoms with E-state index >= 15 is 0 Å². The molecule has 2 aromatic heterocycles. The first-order valence-electron chi connectivity index (χ1n) is 8.57. The fraction of sp³-hybridized carbons (Fsp3) is 0.211. The molecule has 0 spiro atoms. The number of anilines is 1. The number of aliphatic hydroxyl groups is 1. The van der Waals surface area contributed by atoms with Crippen LogP contribution in [0.3, 0.4) is 0 Å². The van der Waals surface area contributed by atoms with E-state index in [1.54, 1.807) is 0 Å². The van der Waals surface area contributed by atoms with Gasteiger partial charge in [-0.3, -0.25) is 5.10 Å². The van der Waals surface area contributed by atoms with Crippen molar-refractivity contribution in [2.45, 2.75) is 13.0 Å². The Morgan fingerprint density at radius 2 is 2.04 bits per heavy atom. The van der Waals surface area contributed by atoms with Gasteiger partial charge in [-0.2, -0.15) is 5.10 Å². The van der Waals surface area contributed by atoms with E-state index < -0.39 is 6.10 Å². The molecule has 138 valence electrons. The third-order valence-electron chi connectivity index (χ3n) is 4.09. The number of aliphatic hydroxyl groups excluding tert-OH is 1. The summed E-state index contributed by atoms with van der Waals surface area (Å²) in [7, 11) is 0. The van der Waals surface area contributed by atoms with Gasteiger partial charge in [0.1, 0.15) is 23.5 Å². The van der Waals surface area contributed by atoms with Crippen LogP contribution in [0.25, 0.3) is 21.5 Å². The van der Waals surface area contributed by atoms with E-state index in [0.717, 1.165) is 32.9 Å². The Morgan fingerprint density at radius 1 is 1.19 bits per heavy atom. The molecule has 0 saturated heterocycles. The molecule has 0 saturated carbocycles. The molecule has 0 fully saturated rings. The van der Waals surface area contributed by atoms with Crippen molar-refractivity contribution in [1.29, 1.82) is 0 Å². The second-order valence-electron chi connectivity index (χ2n) is 6.15. The molecule has 7 nitrogen and oxygen atoms in total. The van der Waals surface area contributed by atoms with Crippen molar-refractivity contribution in [2.75, 3.05) is 18.5 Å². The number of fused-ring (bicyclic) bond motifs is 1. The molecule has 8 heteroatoms. The highest BCUT2D eigenvalue weighted by molar-refractivity contribution is 7.18. The van der Waals surface area contributed by atoms with Crippen molar-refractivity contribution >= 4 is 27.4 Å². The van der Waals surface area contributed by atoms with Gasteiger partial charge in [-0.05, 0) is 37.3 Å². The molecule has 0 aliphatic heterocycles. The Labute approximate surface area is 160 Å². The largest absolute Gasteiger partial charge is 0.491 e. The van der Waals surface area contributed by atoms with Gasteiger partial charge in [0.25, 0.3) is 0 Å². The monoisotopic (exact) mass is 381 g/mol. The number of rotatable bonds is 7. The summed E-state index contributed by atoms with van der Waals surface area (Å²) in [5, 5.41) is 31.4. The summed E-state index contributed by atoms with van der Waals surface area (Å²) in [6.07, 6.45) is -0.650. The number of nitrogens with zero attached hydrogens (tertiary/aromatic N) is 3. The molecule has 0 aliphatic carbocycles. The third-order valence-corrected chi connectivity index (χ3v) is 5.02. The fourth-order valence-electron chi connectivity index (χ4n) is 2.66. The van der Waals surface area contributed by atoms with Gasteiger partial charge in [-0.1, -0.05) is 29.5 Å². The lowest BCUT2D eigenvalue weighted by Gasteiger charge is -2.12. The van der Waals surface area contributed by atoms with Crippen molar-refractivity contribution in [3.05, 3.63) is 54.2 Å². The average molecular weight is 381 g/mol. The lowest BCUT2D eigenvalue weighted by atomic mass is 10.1. The van der Waals surface area contributed by atoms with Gasteiger partial charge in [0.15, 0.2) is 0 Å². The smallest absolute Gasteiger partial charge is 0.206 e. The van der Waals surface area contributed by atoms with Crippen LogP contribution in [0.2, 0.25) is 0 Å². The number of nitrogens with one attached hydrogen (secondary N) is 2. The normalized spacial score (nSPS) is 12.2. The number of aromatic amines is 1. The number of para-hydroxylation sites is 1. The molecule has 0 bridgehead atoms. The molecule has 27 heavy (non-hydrogen) atoms. The predicted octanol–water partition coefficient (Wildman–Crippen LogP) is 3.24. The Kier molecular flexibility index (Phi) is 4.99. The first kappa shape index (κ1) is 17.4. The molecular formula is C19H19N5O2S. The van der Waals surface area contributed by atoms with E-state index in [-0.39, 0.29) is 6.61 Å². The Hall–Kier alpha value is -2.97. The van der Waals surface area contributed by atoms with Crippen molar-refractivity contribution in [2.24, 2.45) is 0 Å². The topological polar surface area (TPSA) is 96.0 Å². The zero-order valence-corrected chi connectivity index (χ0v) is 15.5.